The second kappa shape index (κ2) is 12.3. The Kier molecular flexibility index (Phi) is 9.43. The molecule has 0 aromatic heterocycles. The summed E-state index contributed by atoms with van der Waals surface area (Å²) in [5.41, 5.74) is 6.69. The van der Waals surface area contributed by atoms with Crippen LogP contribution in [0.25, 0.3) is 11.1 Å². The molecule has 0 bridgehead atoms. The molecule has 0 aliphatic carbocycles. The molecule has 3 aromatic rings. The van der Waals surface area contributed by atoms with E-state index < -0.39 is 44.5 Å². The Balaban J connectivity index is 2.00. The molecule has 6 N–H and O–H groups in total. The van der Waals surface area contributed by atoms with Crippen LogP contribution in [0.3, 0.4) is 0 Å². The van der Waals surface area contributed by atoms with E-state index in [9.17, 15) is 34.8 Å². The van der Waals surface area contributed by atoms with Crippen molar-refractivity contribution in [2.45, 2.75) is 29.8 Å². The molecule has 0 saturated carbocycles. The minimum atomic E-state index is -5.42. The summed E-state index contributed by atoms with van der Waals surface area (Å²) in [4.78, 5) is 11.6. The first-order valence-electron chi connectivity index (χ1n) is 11.5. The summed E-state index contributed by atoms with van der Waals surface area (Å²) in [6, 6.07) is 15.5. The lowest BCUT2D eigenvalue weighted by molar-refractivity contribution is -0.218. The number of amidine groups is 1. The standard InChI is InChI=1S/C25H25F3N4O7S2/c1-40(34,35)32-20(14-15-5-4-6-17(13-15)22(29)30)23(39-24(33)25(26,27)28)38-18-11-9-16(10-12-18)19-7-2-3-8-21(19)41(31,36)37/h2-13,20,23,32H,14H2,1H3,(H3,29,30)(H2,31,36,37). The van der Waals surface area contributed by atoms with Crippen LogP contribution < -0.4 is 20.3 Å². The monoisotopic (exact) mass is 614 g/mol. The SMILES string of the molecule is CS(=O)(=O)NC(Cc1cccc(C(=N)N)c1)C(OC(=O)C(F)(F)F)Oc1ccc(-c2ccccc2S(N)(=O)=O)cc1. The van der Waals surface area contributed by atoms with Crippen molar-refractivity contribution in [3.63, 3.8) is 0 Å². The molecule has 41 heavy (non-hydrogen) atoms. The van der Waals surface area contributed by atoms with Gasteiger partial charge in [0, 0.05) is 11.1 Å². The Morgan fingerprint density at radius 1 is 1.00 bits per heavy atom. The first-order valence-corrected chi connectivity index (χ1v) is 14.9. The zero-order valence-corrected chi connectivity index (χ0v) is 22.9. The summed E-state index contributed by atoms with van der Waals surface area (Å²) < 4.78 is 99.8. The van der Waals surface area contributed by atoms with Gasteiger partial charge in [-0.2, -0.15) is 13.2 Å². The van der Waals surface area contributed by atoms with Crippen LogP contribution in [0.15, 0.2) is 77.7 Å². The molecule has 0 spiro atoms. The summed E-state index contributed by atoms with van der Waals surface area (Å²) in [6.45, 7) is 0. The Bertz CT molecular complexity index is 1650. The van der Waals surface area contributed by atoms with Gasteiger partial charge in [-0.05, 0) is 41.8 Å². The first-order chi connectivity index (χ1) is 18.9. The van der Waals surface area contributed by atoms with Crippen molar-refractivity contribution in [3.8, 4) is 16.9 Å². The van der Waals surface area contributed by atoms with Gasteiger partial charge in [-0.1, -0.05) is 48.5 Å². The highest BCUT2D eigenvalue weighted by molar-refractivity contribution is 7.89. The van der Waals surface area contributed by atoms with Gasteiger partial charge in [0.25, 0.3) is 6.29 Å². The van der Waals surface area contributed by atoms with Gasteiger partial charge in [0.1, 0.15) is 11.6 Å². The second-order valence-corrected chi connectivity index (χ2v) is 12.1. The minimum absolute atomic E-state index is 0.139. The summed E-state index contributed by atoms with van der Waals surface area (Å²) in [7, 11) is -8.16. The quantitative estimate of drug-likeness (QED) is 0.109. The lowest BCUT2D eigenvalue weighted by Crippen LogP contribution is -2.50. The van der Waals surface area contributed by atoms with Gasteiger partial charge >= 0.3 is 12.1 Å². The number of hydrogen-bond acceptors (Lipinski definition) is 8. The largest absolute Gasteiger partial charge is 0.491 e. The van der Waals surface area contributed by atoms with Crippen molar-refractivity contribution >= 4 is 31.9 Å². The van der Waals surface area contributed by atoms with E-state index in [1.165, 1.54) is 66.7 Å². The Morgan fingerprint density at radius 2 is 1.63 bits per heavy atom. The van der Waals surface area contributed by atoms with E-state index in [2.05, 4.69) is 9.46 Å². The van der Waals surface area contributed by atoms with Gasteiger partial charge in [0.05, 0.1) is 17.2 Å². The number of nitrogens with one attached hydrogen (secondary N) is 2. The zero-order valence-electron chi connectivity index (χ0n) is 21.3. The smallest absolute Gasteiger partial charge is 0.453 e. The third-order valence-electron chi connectivity index (χ3n) is 5.45. The molecule has 0 aliphatic rings. The van der Waals surface area contributed by atoms with Gasteiger partial charge in [0.2, 0.25) is 20.0 Å². The molecule has 2 unspecified atom stereocenters. The van der Waals surface area contributed by atoms with Gasteiger partial charge in [0.15, 0.2) is 0 Å². The first kappa shape index (κ1) is 31.5. The van der Waals surface area contributed by atoms with Crippen LogP contribution in [-0.4, -0.2) is 53.4 Å². The predicted octanol–water partition coefficient (Wildman–Crippen LogP) is 2.26. The van der Waals surface area contributed by atoms with Gasteiger partial charge in [-0.3, -0.25) is 5.41 Å². The van der Waals surface area contributed by atoms with Gasteiger partial charge in [-0.25, -0.2) is 31.5 Å². The van der Waals surface area contributed by atoms with Crippen LogP contribution in [0.5, 0.6) is 5.75 Å². The maximum atomic E-state index is 13.1. The number of primary sulfonamides is 1. The fourth-order valence-electron chi connectivity index (χ4n) is 3.75. The molecular formula is C25H25F3N4O7S2. The third kappa shape index (κ3) is 9.01. The minimum Gasteiger partial charge on any atom is -0.453 e. The molecule has 3 rings (SSSR count). The number of hydrogen-bond donors (Lipinski definition) is 4. The number of nitrogen functional groups attached to an aromatic ring is 1. The molecule has 220 valence electrons. The Labute approximate surface area is 233 Å². The van der Waals surface area contributed by atoms with E-state index in [0.717, 1.165) is 6.26 Å². The number of esters is 1. The molecule has 0 heterocycles. The maximum absolute atomic E-state index is 13.1. The van der Waals surface area contributed by atoms with Crippen LogP contribution in [-0.2, 0) is 36.0 Å². The van der Waals surface area contributed by atoms with E-state index in [1.807, 2.05) is 0 Å². The third-order valence-corrected chi connectivity index (χ3v) is 7.15. The van der Waals surface area contributed by atoms with Crippen molar-refractivity contribution in [2.24, 2.45) is 10.9 Å². The molecule has 0 amide bonds. The van der Waals surface area contributed by atoms with Gasteiger partial charge in [-0.15, -0.1) is 0 Å². The number of sulfonamides is 2. The summed E-state index contributed by atoms with van der Waals surface area (Å²) in [5, 5.41) is 12.9. The van der Waals surface area contributed by atoms with E-state index in [-0.39, 0.29) is 34.0 Å². The highest BCUT2D eigenvalue weighted by Gasteiger charge is 2.44. The Morgan fingerprint density at radius 3 is 2.20 bits per heavy atom. The number of carbonyl (C=O) groups excluding carboxylic acids is 1. The molecule has 16 heteroatoms. The molecule has 0 radical (unpaired) electrons. The second-order valence-electron chi connectivity index (χ2n) is 8.77. The van der Waals surface area contributed by atoms with Crippen molar-refractivity contribution in [1.29, 1.82) is 5.41 Å². The highest BCUT2D eigenvalue weighted by Crippen LogP contribution is 2.29. The van der Waals surface area contributed by atoms with E-state index >= 15 is 0 Å². The van der Waals surface area contributed by atoms with E-state index in [4.69, 9.17) is 21.0 Å². The van der Waals surface area contributed by atoms with Crippen molar-refractivity contribution < 1.29 is 44.3 Å². The van der Waals surface area contributed by atoms with Crippen molar-refractivity contribution in [3.05, 3.63) is 83.9 Å². The lowest BCUT2D eigenvalue weighted by atomic mass is 10.0. The van der Waals surface area contributed by atoms with Crippen LogP contribution in [0.1, 0.15) is 11.1 Å². The van der Waals surface area contributed by atoms with E-state index in [0.29, 0.717) is 11.1 Å². The number of benzene rings is 3. The number of alkyl halides is 3. The Hall–Kier alpha value is -3.99. The lowest BCUT2D eigenvalue weighted by Gasteiger charge is -2.28. The molecule has 11 nitrogen and oxygen atoms in total. The fourth-order valence-corrected chi connectivity index (χ4v) is 5.25. The van der Waals surface area contributed by atoms with Gasteiger partial charge < -0.3 is 15.2 Å². The highest BCUT2D eigenvalue weighted by atomic mass is 32.2. The van der Waals surface area contributed by atoms with Crippen LogP contribution in [0.4, 0.5) is 13.2 Å². The van der Waals surface area contributed by atoms with Crippen molar-refractivity contribution in [1.82, 2.24) is 4.72 Å². The van der Waals surface area contributed by atoms with Crippen LogP contribution in [0, 0.1) is 5.41 Å². The number of halogens is 3. The number of ether oxygens (including phenoxy) is 2. The molecular weight excluding hydrogens is 589 g/mol. The summed E-state index contributed by atoms with van der Waals surface area (Å²) in [6.07, 6.45) is -7.12. The number of nitrogens with two attached hydrogens (primary N) is 2. The number of rotatable bonds is 11. The maximum Gasteiger partial charge on any atom is 0.491 e. The summed E-state index contributed by atoms with van der Waals surface area (Å²) in [5.74, 6) is -3.07. The average Bonchev–Trinajstić information content (AvgIpc) is 2.86. The zero-order chi connectivity index (χ0) is 30.6. The predicted molar refractivity (Wildman–Crippen MR) is 143 cm³/mol. The molecule has 0 saturated heterocycles. The molecule has 3 aromatic carbocycles. The molecule has 0 aliphatic heterocycles. The topological polar surface area (TPSA) is 192 Å². The normalized spacial score (nSPS) is 13.7. The summed E-state index contributed by atoms with van der Waals surface area (Å²) >= 11 is 0. The molecule has 2 atom stereocenters. The fraction of sp³-hybridized carbons (Fsp3) is 0.200. The van der Waals surface area contributed by atoms with Crippen molar-refractivity contribution in [2.75, 3.05) is 6.26 Å². The number of carbonyl (C=O) groups is 1. The van der Waals surface area contributed by atoms with Crippen LogP contribution in [0.2, 0.25) is 0 Å². The van der Waals surface area contributed by atoms with Crippen LogP contribution >= 0.6 is 0 Å². The van der Waals surface area contributed by atoms with E-state index in [1.54, 1.807) is 6.07 Å². The molecule has 0 fully saturated rings. The average molecular weight is 615 g/mol.